The Bertz CT molecular complexity index is 590. The highest BCUT2D eigenvalue weighted by atomic mass is 19.4. The van der Waals surface area contributed by atoms with Gasteiger partial charge in [-0.2, -0.15) is 13.2 Å². The van der Waals surface area contributed by atoms with Gasteiger partial charge in [-0.15, -0.1) is 0 Å². The smallest absolute Gasteiger partial charge is 0.378 e. The molecule has 0 unspecified atom stereocenters. The molecule has 20 heavy (non-hydrogen) atoms. The second-order valence-corrected chi connectivity index (χ2v) is 4.18. The molecule has 1 heterocycles. The Morgan fingerprint density at radius 3 is 2.70 bits per heavy atom. The van der Waals surface area contributed by atoms with Gasteiger partial charge in [0.2, 0.25) is 0 Å². The molecular formula is C13H13F4N3. The summed E-state index contributed by atoms with van der Waals surface area (Å²) in [6.45, 7) is 2.92. The zero-order valence-corrected chi connectivity index (χ0v) is 10.7. The molecule has 0 saturated carbocycles. The lowest BCUT2D eigenvalue weighted by molar-refractivity contribution is -0.139. The van der Waals surface area contributed by atoms with Gasteiger partial charge in [-0.1, -0.05) is 0 Å². The summed E-state index contributed by atoms with van der Waals surface area (Å²) in [7, 11) is 0. The molecule has 0 amide bonds. The van der Waals surface area contributed by atoms with E-state index in [0.717, 1.165) is 12.1 Å². The minimum atomic E-state index is -4.70. The van der Waals surface area contributed by atoms with Crippen molar-refractivity contribution < 1.29 is 17.6 Å². The molecule has 1 aromatic heterocycles. The van der Waals surface area contributed by atoms with Crippen LogP contribution < -0.4 is 5.32 Å². The maximum Gasteiger partial charge on any atom is 0.419 e. The number of hydrogen-bond donors (Lipinski definition) is 1. The van der Waals surface area contributed by atoms with Crippen LogP contribution in [0, 0.1) is 5.82 Å². The third-order valence-electron chi connectivity index (χ3n) is 2.86. The van der Waals surface area contributed by atoms with E-state index >= 15 is 0 Å². The van der Waals surface area contributed by atoms with E-state index < -0.39 is 17.6 Å². The summed E-state index contributed by atoms with van der Waals surface area (Å²) >= 11 is 0. The number of hydrogen-bond acceptors (Lipinski definition) is 2. The Hall–Kier alpha value is -2.05. The first-order valence-corrected chi connectivity index (χ1v) is 6.02. The van der Waals surface area contributed by atoms with Crippen molar-refractivity contribution in [3.8, 4) is 0 Å². The Morgan fingerprint density at radius 2 is 2.05 bits per heavy atom. The van der Waals surface area contributed by atoms with Crippen molar-refractivity contribution in [2.24, 2.45) is 0 Å². The number of halogens is 4. The first kappa shape index (κ1) is 14.4. The van der Waals surface area contributed by atoms with E-state index in [-0.39, 0.29) is 12.2 Å². The Balaban J connectivity index is 2.15. The number of aryl methyl sites for hydroxylation is 1. The average Bonchev–Trinajstić information content (AvgIpc) is 2.84. The summed E-state index contributed by atoms with van der Waals surface area (Å²) in [4.78, 5) is 4.09. The molecule has 1 N–H and O–H groups in total. The maximum atomic E-state index is 13.1. The molecule has 3 nitrogen and oxygen atoms in total. The Labute approximate surface area is 113 Å². The fourth-order valence-electron chi connectivity index (χ4n) is 1.83. The monoisotopic (exact) mass is 287 g/mol. The number of aromatic nitrogens is 2. The van der Waals surface area contributed by atoms with Gasteiger partial charge in [0.05, 0.1) is 12.1 Å². The zero-order chi connectivity index (χ0) is 14.8. The highest BCUT2D eigenvalue weighted by molar-refractivity contribution is 5.47. The quantitative estimate of drug-likeness (QED) is 0.869. The molecular weight excluding hydrogens is 274 g/mol. The summed E-state index contributed by atoms with van der Waals surface area (Å²) in [5, 5.41) is 2.81. The first-order chi connectivity index (χ1) is 9.41. The zero-order valence-electron chi connectivity index (χ0n) is 10.7. The van der Waals surface area contributed by atoms with Crippen molar-refractivity contribution in [1.82, 2.24) is 9.55 Å². The van der Waals surface area contributed by atoms with E-state index in [2.05, 4.69) is 10.3 Å². The third-order valence-corrected chi connectivity index (χ3v) is 2.86. The van der Waals surface area contributed by atoms with Gasteiger partial charge in [0.15, 0.2) is 0 Å². The number of anilines is 1. The summed E-state index contributed by atoms with van der Waals surface area (Å²) in [5.41, 5.74) is -1.08. The van der Waals surface area contributed by atoms with Gasteiger partial charge in [0.1, 0.15) is 11.6 Å². The molecule has 2 rings (SSSR count). The second-order valence-electron chi connectivity index (χ2n) is 4.18. The van der Waals surface area contributed by atoms with Crippen molar-refractivity contribution >= 4 is 5.69 Å². The fourth-order valence-corrected chi connectivity index (χ4v) is 1.83. The van der Waals surface area contributed by atoms with E-state index in [4.69, 9.17) is 0 Å². The van der Waals surface area contributed by atoms with Gasteiger partial charge in [0, 0.05) is 24.6 Å². The fraction of sp³-hybridized carbons (Fsp3) is 0.308. The van der Waals surface area contributed by atoms with Crippen LogP contribution in [0.25, 0.3) is 0 Å². The number of nitrogens with one attached hydrogen (secondary N) is 1. The van der Waals surface area contributed by atoms with E-state index in [9.17, 15) is 17.6 Å². The lowest BCUT2D eigenvalue weighted by Gasteiger charge is -2.12. The average molecular weight is 287 g/mol. The number of nitrogens with zero attached hydrogens (tertiary/aromatic N) is 2. The van der Waals surface area contributed by atoms with Gasteiger partial charge in [-0.05, 0) is 25.1 Å². The molecule has 108 valence electrons. The lowest BCUT2D eigenvalue weighted by Crippen LogP contribution is -2.11. The predicted molar refractivity (Wildman–Crippen MR) is 66.6 cm³/mol. The topological polar surface area (TPSA) is 29.9 Å². The molecule has 0 bridgehead atoms. The van der Waals surface area contributed by atoms with Crippen LogP contribution in [0.2, 0.25) is 0 Å². The van der Waals surface area contributed by atoms with Crippen LogP contribution in [0.3, 0.4) is 0 Å². The number of rotatable bonds is 4. The minimum Gasteiger partial charge on any atom is -0.378 e. The molecule has 0 aliphatic heterocycles. The summed E-state index contributed by atoms with van der Waals surface area (Å²) in [6.07, 6.45) is -1.31. The summed E-state index contributed by atoms with van der Waals surface area (Å²) in [6, 6.07) is 2.83. The molecule has 0 atom stereocenters. The van der Waals surface area contributed by atoms with Crippen molar-refractivity contribution in [1.29, 1.82) is 0 Å². The summed E-state index contributed by atoms with van der Waals surface area (Å²) in [5.74, 6) is -0.580. The van der Waals surface area contributed by atoms with Crippen LogP contribution in [0.1, 0.15) is 18.3 Å². The van der Waals surface area contributed by atoms with E-state index in [0.29, 0.717) is 12.4 Å². The van der Waals surface area contributed by atoms with Gasteiger partial charge < -0.3 is 9.88 Å². The summed E-state index contributed by atoms with van der Waals surface area (Å²) < 4.78 is 52.7. The number of imidazole rings is 1. The molecule has 0 spiro atoms. The molecule has 0 aliphatic carbocycles. The third kappa shape index (κ3) is 3.09. The Kier molecular flexibility index (Phi) is 3.96. The van der Waals surface area contributed by atoms with E-state index in [1.165, 1.54) is 6.07 Å². The number of alkyl halides is 3. The van der Waals surface area contributed by atoms with Crippen LogP contribution in [0.4, 0.5) is 23.2 Å². The maximum absolute atomic E-state index is 13.1. The van der Waals surface area contributed by atoms with E-state index in [1.807, 2.05) is 11.5 Å². The molecule has 2 aromatic rings. The molecule has 0 radical (unpaired) electrons. The SMILES string of the molecule is CCn1ccnc1CNc1ccc(F)c(C(F)(F)F)c1. The van der Waals surface area contributed by atoms with Crippen molar-refractivity contribution in [2.75, 3.05) is 5.32 Å². The van der Waals surface area contributed by atoms with Crippen LogP contribution in [-0.4, -0.2) is 9.55 Å². The van der Waals surface area contributed by atoms with Crippen molar-refractivity contribution in [3.05, 3.63) is 47.8 Å². The van der Waals surface area contributed by atoms with Gasteiger partial charge in [-0.25, -0.2) is 9.37 Å². The molecule has 0 fully saturated rings. The normalized spacial score (nSPS) is 11.7. The molecule has 1 aromatic carbocycles. The van der Waals surface area contributed by atoms with Gasteiger partial charge in [0.25, 0.3) is 0 Å². The molecule has 7 heteroatoms. The Morgan fingerprint density at radius 1 is 1.30 bits per heavy atom. The van der Waals surface area contributed by atoms with E-state index in [1.54, 1.807) is 12.4 Å². The first-order valence-electron chi connectivity index (χ1n) is 6.02. The second kappa shape index (κ2) is 5.52. The van der Waals surface area contributed by atoms with Crippen LogP contribution in [0.15, 0.2) is 30.6 Å². The lowest BCUT2D eigenvalue weighted by atomic mass is 10.2. The standard InChI is InChI=1S/C13H13F4N3/c1-2-20-6-5-18-12(20)8-19-9-3-4-11(14)10(7-9)13(15,16)17/h3-7,19H,2,8H2,1H3. The largest absolute Gasteiger partial charge is 0.419 e. The van der Waals surface area contributed by atoms with Crippen LogP contribution >= 0.6 is 0 Å². The van der Waals surface area contributed by atoms with Crippen LogP contribution in [0.5, 0.6) is 0 Å². The highest BCUT2D eigenvalue weighted by Crippen LogP contribution is 2.33. The number of benzene rings is 1. The molecule has 0 aliphatic rings. The van der Waals surface area contributed by atoms with Crippen molar-refractivity contribution in [2.45, 2.75) is 26.2 Å². The van der Waals surface area contributed by atoms with Crippen LogP contribution in [-0.2, 0) is 19.3 Å². The highest BCUT2D eigenvalue weighted by Gasteiger charge is 2.34. The molecule has 0 saturated heterocycles. The minimum absolute atomic E-state index is 0.198. The predicted octanol–water partition coefficient (Wildman–Crippen LogP) is 3.67. The van der Waals surface area contributed by atoms with Gasteiger partial charge in [-0.3, -0.25) is 0 Å². The van der Waals surface area contributed by atoms with Gasteiger partial charge >= 0.3 is 6.18 Å². The van der Waals surface area contributed by atoms with Crippen molar-refractivity contribution in [3.63, 3.8) is 0 Å².